The molecule has 4 nitrogen and oxygen atoms in total. The van der Waals surface area contributed by atoms with E-state index in [1.165, 1.54) is 0 Å². The lowest BCUT2D eigenvalue weighted by Gasteiger charge is -2.09. The van der Waals surface area contributed by atoms with Crippen molar-refractivity contribution in [2.45, 2.75) is 6.92 Å². The first kappa shape index (κ1) is 11.6. The van der Waals surface area contributed by atoms with E-state index in [1.54, 1.807) is 18.2 Å². The minimum atomic E-state index is -0.198. The molecule has 0 fully saturated rings. The molecule has 0 unspecified atom stereocenters. The lowest BCUT2D eigenvalue weighted by molar-refractivity contribution is 0.102. The summed E-state index contributed by atoms with van der Waals surface area (Å²) in [5.74, 6) is 0.919. The summed E-state index contributed by atoms with van der Waals surface area (Å²) < 4.78 is 10.6. The minimum Gasteiger partial charge on any atom is -0.454 e. The van der Waals surface area contributed by atoms with Crippen molar-refractivity contribution in [2.75, 3.05) is 12.1 Å². The number of anilines is 1. The number of amides is 1. The molecule has 0 aromatic heterocycles. The molecule has 1 N–H and O–H groups in total. The van der Waals surface area contributed by atoms with Crippen LogP contribution < -0.4 is 14.8 Å². The van der Waals surface area contributed by atoms with Crippen molar-refractivity contribution < 1.29 is 14.3 Å². The van der Waals surface area contributed by atoms with Crippen molar-refractivity contribution in [3.05, 3.63) is 53.6 Å². The summed E-state index contributed by atoms with van der Waals surface area (Å²) in [6, 6.07) is 12.9. The van der Waals surface area contributed by atoms with Gasteiger partial charge in [0.05, 0.1) is 5.56 Å². The molecule has 19 heavy (non-hydrogen) atoms. The molecule has 1 aliphatic rings. The van der Waals surface area contributed by atoms with Gasteiger partial charge in [0.2, 0.25) is 6.79 Å². The first-order chi connectivity index (χ1) is 9.25. The number of carbonyl (C=O) groups excluding carboxylic acids is 1. The van der Waals surface area contributed by atoms with Gasteiger partial charge in [0.15, 0.2) is 11.5 Å². The van der Waals surface area contributed by atoms with E-state index >= 15 is 0 Å². The first-order valence-electron chi connectivity index (χ1n) is 6.01. The Labute approximate surface area is 111 Å². The lowest BCUT2D eigenvalue weighted by Crippen LogP contribution is -2.13. The number of para-hydroxylation sites is 2. The minimum absolute atomic E-state index is 0.157. The fourth-order valence-electron chi connectivity index (χ4n) is 2.01. The van der Waals surface area contributed by atoms with Crippen LogP contribution in [0, 0.1) is 6.92 Å². The Bertz CT molecular complexity index is 637. The Kier molecular flexibility index (Phi) is 2.83. The molecule has 1 aliphatic heterocycles. The molecule has 0 aliphatic carbocycles. The molecule has 2 aromatic carbocycles. The van der Waals surface area contributed by atoms with E-state index in [0.717, 1.165) is 11.3 Å². The molecule has 1 amide bonds. The fourth-order valence-corrected chi connectivity index (χ4v) is 2.01. The normalized spacial score (nSPS) is 12.3. The van der Waals surface area contributed by atoms with E-state index in [9.17, 15) is 4.79 Å². The molecule has 0 spiro atoms. The Balaban J connectivity index is 1.90. The number of carbonyl (C=O) groups is 1. The van der Waals surface area contributed by atoms with Crippen LogP contribution in [0.15, 0.2) is 42.5 Å². The zero-order valence-corrected chi connectivity index (χ0v) is 10.5. The van der Waals surface area contributed by atoms with Crippen LogP contribution in [0.4, 0.5) is 5.69 Å². The van der Waals surface area contributed by atoms with E-state index in [-0.39, 0.29) is 12.7 Å². The van der Waals surface area contributed by atoms with E-state index in [4.69, 9.17) is 9.47 Å². The van der Waals surface area contributed by atoms with Gasteiger partial charge < -0.3 is 14.8 Å². The Hall–Kier alpha value is -2.49. The molecular formula is C15H13NO3. The number of aryl methyl sites for hydroxylation is 1. The van der Waals surface area contributed by atoms with Gasteiger partial charge in [-0.25, -0.2) is 0 Å². The van der Waals surface area contributed by atoms with Gasteiger partial charge in [-0.2, -0.15) is 0 Å². The number of hydrogen-bond acceptors (Lipinski definition) is 3. The van der Waals surface area contributed by atoms with Gasteiger partial charge in [-0.05, 0) is 30.7 Å². The maximum atomic E-state index is 12.3. The van der Waals surface area contributed by atoms with Gasteiger partial charge in [0.25, 0.3) is 5.91 Å². The summed E-state index contributed by atoms with van der Waals surface area (Å²) in [6.07, 6.45) is 0. The fraction of sp³-hybridized carbons (Fsp3) is 0.133. The van der Waals surface area contributed by atoms with Gasteiger partial charge in [0.1, 0.15) is 0 Å². The molecule has 0 radical (unpaired) electrons. The SMILES string of the molecule is Cc1ccccc1NC(=O)c1cccc2c1OCO2. The Morgan fingerprint density at radius 3 is 2.79 bits per heavy atom. The highest BCUT2D eigenvalue weighted by Crippen LogP contribution is 2.35. The maximum Gasteiger partial charge on any atom is 0.259 e. The molecule has 0 saturated carbocycles. The van der Waals surface area contributed by atoms with Crippen LogP contribution in [-0.2, 0) is 0 Å². The zero-order chi connectivity index (χ0) is 13.2. The monoisotopic (exact) mass is 255 g/mol. The van der Waals surface area contributed by atoms with Crippen molar-refractivity contribution in [2.24, 2.45) is 0 Å². The second-order valence-electron chi connectivity index (χ2n) is 4.31. The zero-order valence-electron chi connectivity index (χ0n) is 10.5. The quantitative estimate of drug-likeness (QED) is 0.897. The number of benzene rings is 2. The van der Waals surface area contributed by atoms with Gasteiger partial charge in [-0.1, -0.05) is 24.3 Å². The average molecular weight is 255 g/mol. The Morgan fingerprint density at radius 2 is 1.95 bits per heavy atom. The summed E-state index contributed by atoms with van der Waals surface area (Å²) in [5.41, 5.74) is 2.29. The van der Waals surface area contributed by atoms with Crippen molar-refractivity contribution in [3.63, 3.8) is 0 Å². The second kappa shape index (κ2) is 4.65. The number of nitrogens with one attached hydrogen (secondary N) is 1. The van der Waals surface area contributed by atoms with E-state index in [1.807, 2.05) is 31.2 Å². The van der Waals surface area contributed by atoms with Crippen LogP contribution in [0.1, 0.15) is 15.9 Å². The highest BCUT2D eigenvalue weighted by molar-refractivity contribution is 6.07. The third-order valence-corrected chi connectivity index (χ3v) is 3.03. The van der Waals surface area contributed by atoms with E-state index in [0.29, 0.717) is 17.1 Å². The van der Waals surface area contributed by atoms with Crippen LogP contribution in [-0.4, -0.2) is 12.7 Å². The molecule has 0 saturated heterocycles. The highest BCUT2D eigenvalue weighted by atomic mass is 16.7. The smallest absolute Gasteiger partial charge is 0.259 e. The van der Waals surface area contributed by atoms with Gasteiger partial charge in [-0.15, -0.1) is 0 Å². The predicted molar refractivity (Wildman–Crippen MR) is 71.7 cm³/mol. The summed E-state index contributed by atoms with van der Waals surface area (Å²) >= 11 is 0. The van der Waals surface area contributed by atoms with Crippen LogP contribution >= 0.6 is 0 Å². The van der Waals surface area contributed by atoms with Gasteiger partial charge in [0, 0.05) is 5.69 Å². The van der Waals surface area contributed by atoms with Crippen LogP contribution in [0.2, 0.25) is 0 Å². The number of rotatable bonds is 2. The molecule has 96 valence electrons. The van der Waals surface area contributed by atoms with Crippen LogP contribution in [0.25, 0.3) is 0 Å². The van der Waals surface area contributed by atoms with E-state index < -0.39 is 0 Å². The molecule has 2 aromatic rings. The van der Waals surface area contributed by atoms with Crippen LogP contribution in [0.3, 0.4) is 0 Å². The van der Waals surface area contributed by atoms with Gasteiger partial charge >= 0.3 is 0 Å². The summed E-state index contributed by atoms with van der Waals surface area (Å²) in [5, 5.41) is 2.88. The number of ether oxygens (including phenoxy) is 2. The third-order valence-electron chi connectivity index (χ3n) is 3.03. The molecule has 4 heteroatoms. The predicted octanol–water partition coefficient (Wildman–Crippen LogP) is 2.98. The third kappa shape index (κ3) is 2.12. The van der Waals surface area contributed by atoms with Crippen molar-refractivity contribution in [1.29, 1.82) is 0 Å². The number of hydrogen-bond donors (Lipinski definition) is 1. The second-order valence-corrected chi connectivity index (χ2v) is 4.31. The molecule has 1 heterocycles. The largest absolute Gasteiger partial charge is 0.454 e. The molecular weight excluding hydrogens is 242 g/mol. The lowest BCUT2D eigenvalue weighted by atomic mass is 10.1. The van der Waals surface area contributed by atoms with Crippen molar-refractivity contribution >= 4 is 11.6 Å². The van der Waals surface area contributed by atoms with Gasteiger partial charge in [-0.3, -0.25) is 4.79 Å². The van der Waals surface area contributed by atoms with Crippen LogP contribution in [0.5, 0.6) is 11.5 Å². The standard InChI is InChI=1S/C15H13NO3/c1-10-5-2-3-7-12(10)16-15(17)11-6-4-8-13-14(11)19-9-18-13/h2-8H,9H2,1H3,(H,16,17). The molecule has 3 rings (SSSR count). The van der Waals surface area contributed by atoms with Crippen molar-refractivity contribution in [3.8, 4) is 11.5 Å². The summed E-state index contributed by atoms with van der Waals surface area (Å²) in [6.45, 7) is 2.11. The summed E-state index contributed by atoms with van der Waals surface area (Å²) in [7, 11) is 0. The summed E-state index contributed by atoms with van der Waals surface area (Å²) in [4.78, 5) is 12.3. The van der Waals surface area contributed by atoms with Crippen molar-refractivity contribution in [1.82, 2.24) is 0 Å². The van der Waals surface area contributed by atoms with E-state index in [2.05, 4.69) is 5.32 Å². The highest BCUT2D eigenvalue weighted by Gasteiger charge is 2.21. The molecule has 0 atom stereocenters. The topological polar surface area (TPSA) is 47.6 Å². The molecule has 0 bridgehead atoms. The maximum absolute atomic E-state index is 12.3. The Morgan fingerprint density at radius 1 is 1.11 bits per heavy atom. The average Bonchev–Trinajstić information content (AvgIpc) is 2.89. The number of fused-ring (bicyclic) bond motifs is 1. The first-order valence-corrected chi connectivity index (χ1v) is 6.01.